The zero-order chi connectivity index (χ0) is 10.1. The van der Waals surface area contributed by atoms with E-state index in [1.54, 1.807) is 11.3 Å². The summed E-state index contributed by atoms with van der Waals surface area (Å²) in [6, 6.07) is 6.55. The number of nitrogens with one attached hydrogen (secondary N) is 1. The van der Waals surface area contributed by atoms with Crippen LogP contribution >= 0.6 is 11.3 Å². The van der Waals surface area contributed by atoms with E-state index in [4.69, 9.17) is 0 Å². The van der Waals surface area contributed by atoms with Gasteiger partial charge in [-0.25, -0.2) is 4.98 Å². The second kappa shape index (κ2) is 3.91. The highest BCUT2D eigenvalue weighted by molar-refractivity contribution is 7.16. The van der Waals surface area contributed by atoms with E-state index < -0.39 is 0 Å². The topological polar surface area (TPSA) is 24.9 Å². The van der Waals surface area contributed by atoms with Gasteiger partial charge in [0.2, 0.25) is 0 Å². The fourth-order valence-corrected chi connectivity index (χ4v) is 2.41. The summed E-state index contributed by atoms with van der Waals surface area (Å²) in [5.41, 5.74) is 4.38. The Kier molecular flexibility index (Phi) is 2.43. The molecule has 1 aromatic heterocycles. The largest absolute Gasteiger partial charge is 0.312 e. The van der Waals surface area contributed by atoms with Crippen molar-refractivity contribution in [3.63, 3.8) is 0 Å². The lowest BCUT2D eigenvalue weighted by atomic mass is 10.2. The molecule has 1 aromatic carbocycles. The van der Waals surface area contributed by atoms with E-state index in [1.807, 2.05) is 5.51 Å². The van der Waals surface area contributed by atoms with Crippen LogP contribution in [-0.4, -0.2) is 11.5 Å². The maximum Gasteiger partial charge on any atom is 0.0815 e. The van der Waals surface area contributed by atoms with Crippen molar-refractivity contribution < 1.29 is 0 Å². The maximum absolute atomic E-state index is 4.33. The van der Waals surface area contributed by atoms with Crippen LogP contribution in [0.4, 0.5) is 0 Å². The molecule has 78 valence electrons. The van der Waals surface area contributed by atoms with Crippen LogP contribution in [0.1, 0.15) is 18.4 Å². The van der Waals surface area contributed by atoms with E-state index in [2.05, 4.69) is 28.5 Å². The van der Waals surface area contributed by atoms with Crippen LogP contribution in [0.3, 0.4) is 0 Å². The van der Waals surface area contributed by atoms with Gasteiger partial charge in [0.15, 0.2) is 0 Å². The van der Waals surface area contributed by atoms with E-state index >= 15 is 0 Å². The minimum atomic E-state index is 0.952. The van der Waals surface area contributed by atoms with Crippen molar-refractivity contribution in [2.75, 3.05) is 6.54 Å². The highest BCUT2D eigenvalue weighted by Crippen LogP contribution is 2.27. The molecular formula is C12H14N2S. The predicted octanol–water partition coefficient (Wildman–Crippen LogP) is 2.80. The Bertz CT molecular complexity index is 459. The van der Waals surface area contributed by atoms with Gasteiger partial charge in [0.05, 0.1) is 15.7 Å². The summed E-state index contributed by atoms with van der Waals surface area (Å²) in [5.74, 6) is 0.952. The van der Waals surface area contributed by atoms with Gasteiger partial charge in [0, 0.05) is 6.54 Å². The van der Waals surface area contributed by atoms with Gasteiger partial charge < -0.3 is 5.32 Å². The summed E-state index contributed by atoms with van der Waals surface area (Å²) in [6.45, 7) is 2.15. The molecule has 1 heterocycles. The molecule has 3 heteroatoms. The van der Waals surface area contributed by atoms with Gasteiger partial charge in [-0.05, 0) is 43.0 Å². The van der Waals surface area contributed by atoms with E-state index in [9.17, 15) is 0 Å². The van der Waals surface area contributed by atoms with Crippen molar-refractivity contribution >= 4 is 21.6 Å². The monoisotopic (exact) mass is 218 g/mol. The van der Waals surface area contributed by atoms with E-state index in [1.165, 1.54) is 29.6 Å². The van der Waals surface area contributed by atoms with Gasteiger partial charge in [0.1, 0.15) is 0 Å². The first-order valence-corrected chi connectivity index (χ1v) is 6.32. The van der Waals surface area contributed by atoms with Crippen LogP contribution in [0, 0.1) is 5.92 Å². The smallest absolute Gasteiger partial charge is 0.0815 e. The molecule has 2 nitrogen and oxygen atoms in total. The maximum atomic E-state index is 4.33. The average Bonchev–Trinajstić information content (AvgIpc) is 2.95. The Morgan fingerprint density at radius 3 is 3.20 bits per heavy atom. The molecule has 15 heavy (non-hydrogen) atoms. The zero-order valence-electron chi connectivity index (χ0n) is 8.57. The third-order valence-corrected chi connectivity index (χ3v) is 3.66. The van der Waals surface area contributed by atoms with Crippen LogP contribution in [0.25, 0.3) is 10.2 Å². The summed E-state index contributed by atoms with van der Waals surface area (Å²) in [5, 5.41) is 3.50. The zero-order valence-corrected chi connectivity index (χ0v) is 9.39. The molecule has 0 amide bonds. The van der Waals surface area contributed by atoms with Gasteiger partial charge in [-0.1, -0.05) is 6.07 Å². The van der Waals surface area contributed by atoms with Crippen molar-refractivity contribution in [1.29, 1.82) is 0 Å². The minimum absolute atomic E-state index is 0.952. The second-order valence-corrected chi connectivity index (χ2v) is 5.12. The average molecular weight is 218 g/mol. The van der Waals surface area contributed by atoms with Crippen LogP contribution in [0.5, 0.6) is 0 Å². The fourth-order valence-electron chi connectivity index (χ4n) is 1.76. The van der Waals surface area contributed by atoms with Crippen LogP contribution in [0.15, 0.2) is 23.7 Å². The SMILES string of the molecule is c1nc2cc(CNCC3CC3)ccc2s1. The van der Waals surface area contributed by atoms with Crippen molar-refractivity contribution in [2.24, 2.45) is 5.92 Å². The summed E-state index contributed by atoms with van der Waals surface area (Å²) < 4.78 is 1.28. The molecule has 0 atom stereocenters. The Morgan fingerprint density at radius 1 is 1.40 bits per heavy atom. The van der Waals surface area contributed by atoms with E-state index in [-0.39, 0.29) is 0 Å². The number of hydrogen-bond donors (Lipinski definition) is 1. The van der Waals surface area contributed by atoms with Crippen molar-refractivity contribution in [3.8, 4) is 0 Å². The first-order valence-electron chi connectivity index (χ1n) is 5.45. The summed E-state index contributed by atoms with van der Waals surface area (Å²) in [7, 11) is 0. The number of thiazole rings is 1. The Labute approximate surface area is 93.3 Å². The third kappa shape index (κ3) is 2.19. The van der Waals surface area contributed by atoms with E-state index in [0.29, 0.717) is 0 Å². The van der Waals surface area contributed by atoms with Crippen LogP contribution in [-0.2, 0) is 6.54 Å². The minimum Gasteiger partial charge on any atom is -0.312 e. The molecule has 0 saturated heterocycles. The molecule has 1 saturated carbocycles. The molecule has 0 aliphatic heterocycles. The Balaban J connectivity index is 1.67. The molecule has 1 aliphatic rings. The van der Waals surface area contributed by atoms with Crippen LogP contribution in [0.2, 0.25) is 0 Å². The number of hydrogen-bond acceptors (Lipinski definition) is 3. The molecule has 0 bridgehead atoms. The standard InChI is InChI=1S/C12H14N2S/c1-2-9(1)6-13-7-10-3-4-12-11(5-10)14-8-15-12/h3-5,8-9,13H,1-2,6-7H2. The summed E-state index contributed by atoms with van der Waals surface area (Å²) >= 11 is 1.70. The van der Waals surface area contributed by atoms with Crippen LogP contribution < -0.4 is 5.32 Å². The van der Waals surface area contributed by atoms with Gasteiger partial charge in [-0.15, -0.1) is 11.3 Å². The van der Waals surface area contributed by atoms with Gasteiger partial charge in [-0.2, -0.15) is 0 Å². The predicted molar refractivity (Wildman–Crippen MR) is 64.1 cm³/mol. The molecule has 0 unspecified atom stereocenters. The molecule has 0 radical (unpaired) electrons. The number of fused-ring (bicyclic) bond motifs is 1. The molecule has 3 rings (SSSR count). The molecule has 1 N–H and O–H groups in total. The summed E-state index contributed by atoms with van der Waals surface area (Å²) in [6.07, 6.45) is 2.83. The third-order valence-electron chi connectivity index (χ3n) is 2.85. The highest BCUT2D eigenvalue weighted by Gasteiger charge is 2.19. The molecule has 1 fully saturated rings. The lowest BCUT2D eigenvalue weighted by Gasteiger charge is -2.03. The fraction of sp³-hybridized carbons (Fsp3) is 0.417. The second-order valence-electron chi connectivity index (χ2n) is 4.23. The molecule has 2 aromatic rings. The lowest BCUT2D eigenvalue weighted by Crippen LogP contribution is -2.15. The van der Waals surface area contributed by atoms with E-state index in [0.717, 1.165) is 18.0 Å². The van der Waals surface area contributed by atoms with Gasteiger partial charge >= 0.3 is 0 Å². The molecule has 0 spiro atoms. The Morgan fingerprint density at radius 2 is 2.33 bits per heavy atom. The van der Waals surface area contributed by atoms with Crippen molar-refractivity contribution in [2.45, 2.75) is 19.4 Å². The van der Waals surface area contributed by atoms with Gasteiger partial charge in [0.25, 0.3) is 0 Å². The molecular weight excluding hydrogens is 204 g/mol. The lowest BCUT2D eigenvalue weighted by molar-refractivity contribution is 0.639. The summed E-state index contributed by atoms with van der Waals surface area (Å²) in [4.78, 5) is 4.33. The Hall–Kier alpha value is -0.930. The number of aromatic nitrogens is 1. The highest BCUT2D eigenvalue weighted by atomic mass is 32.1. The first-order chi connectivity index (χ1) is 7.42. The quantitative estimate of drug-likeness (QED) is 0.853. The normalized spacial score (nSPS) is 16.0. The first kappa shape index (κ1) is 9.31. The number of rotatable bonds is 4. The number of benzene rings is 1. The van der Waals surface area contributed by atoms with Gasteiger partial charge in [-0.3, -0.25) is 0 Å². The number of nitrogens with zero attached hydrogens (tertiary/aromatic N) is 1. The molecule has 1 aliphatic carbocycles. The van der Waals surface area contributed by atoms with Crippen molar-refractivity contribution in [3.05, 3.63) is 29.3 Å². The van der Waals surface area contributed by atoms with Crippen molar-refractivity contribution in [1.82, 2.24) is 10.3 Å².